The number of rotatable bonds is 5. The quantitative estimate of drug-likeness (QED) is 0.440. The van der Waals surface area contributed by atoms with Crippen LogP contribution < -0.4 is 74.1 Å². The number of hydrogen-bond donors (Lipinski definition) is 0. The van der Waals surface area contributed by atoms with Crippen molar-refractivity contribution in [2.75, 3.05) is 13.1 Å². The topological polar surface area (TPSA) is 106 Å². The van der Waals surface area contributed by atoms with Crippen LogP contribution in [0.25, 0.3) is 0 Å². The summed E-state index contributed by atoms with van der Waals surface area (Å²) >= 11 is 0. The fourth-order valence-electron chi connectivity index (χ4n) is 3.84. The van der Waals surface area contributed by atoms with Crippen LogP contribution in [0.15, 0.2) is 30.3 Å². The summed E-state index contributed by atoms with van der Waals surface area (Å²) in [5.74, 6) is -2.79. The Morgan fingerprint density at radius 1 is 0.967 bits per heavy atom. The Hall–Kier alpha value is -0.930. The molecule has 9 heteroatoms. The Morgan fingerprint density at radius 2 is 1.67 bits per heavy atom. The van der Waals surface area contributed by atoms with E-state index in [-0.39, 0.29) is 65.0 Å². The second kappa shape index (κ2) is 11.1. The standard InChI is InChI=1S/C21H22N2O5.2Na/c24-20(25)17-6-7-18(22-19(17)21(26)27)28-16-5-4-13-8-10-23(15-2-1-3-15)11-9-14(13)12-16;;/h4-7,12,15H,1-3,8-11H2,(H,24,25)(H,26,27);;/q;2*+1/p-2. The molecular weight excluding hydrogens is 406 g/mol. The van der Waals surface area contributed by atoms with E-state index in [9.17, 15) is 19.8 Å². The smallest absolute Gasteiger partial charge is 0.545 e. The van der Waals surface area contributed by atoms with E-state index in [1.54, 1.807) is 0 Å². The average molecular weight is 426 g/mol. The minimum absolute atomic E-state index is 0. The summed E-state index contributed by atoms with van der Waals surface area (Å²) in [5.41, 5.74) is 1.27. The molecule has 146 valence electrons. The number of carboxylic acids is 2. The zero-order valence-corrected chi connectivity index (χ0v) is 21.3. The largest absolute Gasteiger partial charge is 1.00 e. The third kappa shape index (κ3) is 5.65. The number of aromatic nitrogens is 1. The third-order valence-electron chi connectivity index (χ3n) is 5.61. The SMILES string of the molecule is O=C([O-])c1ccc(Oc2ccc3c(c2)CCN(C2CCC2)CC3)nc1C(=O)[O-].[Na+].[Na+]. The number of ether oxygens (including phenoxy) is 1. The Bertz CT molecular complexity index is 934. The van der Waals surface area contributed by atoms with E-state index in [0.29, 0.717) is 5.75 Å². The van der Waals surface area contributed by atoms with Crippen molar-refractivity contribution in [1.29, 1.82) is 0 Å². The molecular formula is C21H20N2Na2O5. The van der Waals surface area contributed by atoms with Gasteiger partial charge in [-0.05, 0) is 55.0 Å². The summed E-state index contributed by atoms with van der Waals surface area (Å²) in [5, 5.41) is 22.2. The van der Waals surface area contributed by atoms with Gasteiger partial charge in [0.1, 0.15) is 5.75 Å². The van der Waals surface area contributed by atoms with E-state index in [4.69, 9.17) is 4.74 Å². The molecule has 0 spiro atoms. The van der Waals surface area contributed by atoms with Crippen molar-refractivity contribution in [2.24, 2.45) is 0 Å². The second-order valence-corrected chi connectivity index (χ2v) is 7.27. The molecule has 0 unspecified atom stereocenters. The van der Waals surface area contributed by atoms with Crippen molar-refractivity contribution in [3.05, 3.63) is 52.7 Å². The number of hydrogen-bond acceptors (Lipinski definition) is 7. The van der Waals surface area contributed by atoms with Gasteiger partial charge in [-0.25, -0.2) is 4.98 Å². The number of carbonyl (C=O) groups excluding carboxylic acids is 2. The van der Waals surface area contributed by atoms with Crippen molar-refractivity contribution in [2.45, 2.75) is 38.1 Å². The van der Waals surface area contributed by atoms with Gasteiger partial charge in [-0.2, -0.15) is 0 Å². The van der Waals surface area contributed by atoms with E-state index in [1.165, 1.54) is 36.5 Å². The maximum absolute atomic E-state index is 11.2. The van der Waals surface area contributed by atoms with E-state index >= 15 is 0 Å². The predicted octanol–water partition coefficient (Wildman–Crippen LogP) is -5.44. The van der Waals surface area contributed by atoms with Gasteiger partial charge >= 0.3 is 59.1 Å². The first kappa shape index (κ1) is 25.3. The molecule has 0 amide bonds. The summed E-state index contributed by atoms with van der Waals surface area (Å²) in [6.07, 6.45) is 5.84. The molecule has 1 aliphatic heterocycles. The molecule has 1 aromatic heterocycles. The number of benzene rings is 1. The predicted molar refractivity (Wildman–Crippen MR) is 96.0 cm³/mol. The molecule has 2 heterocycles. The van der Waals surface area contributed by atoms with Crippen LogP contribution in [0.4, 0.5) is 0 Å². The Labute approximate surface area is 219 Å². The maximum atomic E-state index is 11.2. The van der Waals surface area contributed by atoms with Crippen LogP contribution in [-0.4, -0.2) is 41.0 Å². The van der Waals surface area contributed by atoms with Gasteiger partial charge in [0.15, 0.2) is 0 Å². The second-order valence-electron chi connectivity index (χ2n) is 7.27. The van der Waals surface area contributed by atoms with Gasteiger partial charge in [-0.15, -0.1) is 0 Å². The molecule has 7 nitrogen and oxygen atoms in total. The van der Waals surface area contributed by atoms with Gasteiger partial charge in [0.2, 0.25) is 5.88 Å². The van der Waals surface area contributed by atoms with Gasteiger partial charge in [-0.3, -0.25) is 4.90 Å². The van der Waals surface area contributed by atoms with Crippen LogP contribution in [0.1, 0.15) is 51.2 Å². The number of fused-ring (bicyclic) bond motifs is 1. The van der Waals surface area contributed by atoms with Gasteiger partial charge in [0, 0.05) is 30.8 Å². The molecule has 0 bridgehead atoms. The fraction of sp³-hybridized carbons (Fsp3) is 0.381. The molecule has 1 fully saturated rings. The van der Waals surface area contributed by atoms with Crippen molar-refractivity contribution in [1.82, 2.24) is 9.88 Å². The number of aromatic carboxylic acids is 2. The maximum Gasteiger partial charge on any atom is 1.00 e. The van der Waals surface area contributed by atoms with Crippen LogP contribution in [0.3, 0.4) is 0 Å². The molecule has 30 heavy (non-hydrogen) atoms. The minimum atomic E-state index is -1.69. The van der Waals surface area contributed by atoms with Gasteiger partial charge in [-0.1, -0.05) is 12.5 Å². The molecule has 0 saturated heterocycles. The number of pyridine rings is 1. The minimum Gasteiger partial charge on any atom is -0.545 e. The Morgan fingerprint density at radius 3 is 2.27 bits per heavy atom. The van der Waals surface area contributed by atoms with E-state index in [2.05, 4.69) is 9.88 Å². The molecule has 0 radical (unpaired) electrons. The monoisotopic (exact) mass is 426 g/mol. The summed E-state index contributed by atoms with van der Waals surface area (Å²) in [7, 11) is 0. The first-order chi connectivity index (χ1) is 13.5. The summed E-state index contributed by atoms with van der Waals surface area (Å²) in [6.45, 7) is 2.09. The first-order valence-corrected chi connectivity index (χ1v) is 9.48. The van der Waals surface area contributed by atoms with Crippen LogP contribution in [0.5, 0.6) is 11.6 Å². The van der Waals surface area contributed by atoms with E-state index in [0.717, 1.165) is 38.0 Å². The van der Waals surface area contributed by atoms with Crippen molar-refractivity contribution < 1.29 is 83.7 Å². The fourth-order valence-corrected chi connectivity index (χ4v) is 3.84. The molecule has 2 aliphatic rings. The van der Waals surface area contributed by atoms with Gasteiger partial charge < -0.3 is 24.5 Å². The normalized spacial score (nSPS) is 16.1. The van der Waals surface area contributed by atoms with Crippen LogP contribution in [0, 0.1) is 0 Å². The van der Waals surface area contributed by atoms with E-state index in [1.807, 2.05) is 18.2 Å². The number of carboxylic acid groups (broad SMARTS) is 2. The average Bonchev–Trinajstić information content (AvgIpc) is 2.82. The number of carbonyl (C=O) groups is 2. The molecule has 0 atom stereocenters. The van der Waals surface area contributed by atoms with Crippen LogP contribution in [-0.2, 0) is 12.8 Å². The van der Waals surface area contributed by atoms with Gasteiger partial charge in [0.25, 0.3) is 0 Å². The number of nitrogens with zero attached hydrogens (tertiary/aromatic N) is 2. The van der Waals surface area contributed by atoms with Crippen molar-refractivity contribution in [3.63, 3.8) is 0 Å². The Balaban J connectivity index is 0.00000160. The molecule has 1 aromatic carbocycles. The Kier molecular flexibility index (Phi) is 9.36. The summed E-state index contributed by atoms with van der Waals surface area (Å²) in [6, 6.07) is 8.94. The van der Waals surface area contributed by atoms with Crippen molar-refractivity contribution in [3.8, 4) is 11.6 Å². The third-order valence-corrected chi connectivity index (χ3v) is 5.61. The van der Waals surface area contributed by atoms with Crippen LogP contribution in [0.2, 0.25) is 0 Å². The molecule has 1 saturated carbocycles. The zero-order chi connectivity index (χ0) is 19.7. The van der Waals surface area contributed by atoms with Crippen LogP contribution >= 0.6 is 0 Å². The summed E-state index contributed by atoms with van der Waals surface area (Å²) < 4.78 is 5.69. The molecule has 4 rings (SSSR count). The molecule has 0 N–H and O–H groups in total. The molecule has 1 aliphatic carbocycles. The van der Waals surface area contributed by atoms with Gasteiger partial charge in [0.05, 0.1) is 17.6 Å². The summed E-state index contributed by atoms with van der Waals surface area (Å²) in [4.78, 5) is 28.5. The zero-order valence-electron chi connectivity index (χ0n) is 17.3. The van der Waals surface area contributed by atoms with Crippen molar-refractivity contribution >= 4 is 11.9 Å². The van der Waals surface area contributed by atoms with E-state index < -0.39 is 23.2 Å². The molecule has 2 aromatic rings. The first-order valence-electron chi connectivity index (χ1n) is 9.48.